The summed E-state index contributed by atoms with van der Waals surface area (Å²) in [6.07, 6.45) is 5.47. The molecule has 5 rings (SSSR count). The first kappa shape index (κ1) is 15.8. The second-order valence-corrected chi connectivity index (χ2v) is 6.78. The molecule has 4 aromatic rings. The zero-order valence-corrected chi connectivity index (χ0v) is 14.7. The Labute approximate surface area is 156 Å². The molecule has 0 spiro atoms. The van der Waals surface area contributed by atoms with Crippen LogP contribution in [-0.2, 0) is 6.42 Å². The molecule has 5 heteroatoms. The Morgan fingerprint density at radius 2 is 1.89 bits per heavy atom. The van der Waals surface area contributed by atoms with Crippen LogP contribution in [0.2, 0.25) is 0 Å². The van der Waals surface area contributed by atoms with Crippen LogP contribution in [0.15, 0.2) is 60.9 Å². The van der Waals surface area contributed by atoms with Crippen LogP contribution in [-0.4, -0.2) is 27.4 Å². The number of hydrogen-bond donors (Lipinski definition) is 2. The fourth-order valence-electron chi connectivity index (χ4n) is 3.58. The molecule has 0 unspecified atom stereocenters. The zero-order valence-electron chi connectivity index (χ0n) is 14.7. The summed E-state index contributed by atoms with van der Waals surface area (Å²) < 4.78 is 0. The third-order valence-electron chi connectivity index (χ3n) is 4.99. The van der Waals surface area contributed by atoms with Crippen molar-refractivity contribution in [3.05, 3.63) is 72.2 Å². The van der Waals surface area contributed by atoms with E-state index in [2.05, 4.69) is 32.4 Å². The van der Waals surface area contributed by atoms with E-state index in [0.29, 0.717) is 0 Å². The maximum Gasteiger partial charge on any atom is 0.253 e. The van der Waals surface area contributed by atoms with Gasteiger partial charge in [-0.2, -0.15) is 0 Å². The number of aromatic amines is 1. The monoisotopic (exact) mass is 354 g/mol. The van der Waals surface area contributed by atoms with Gasteiger partial charge < -0.3 is 10.3 Å². The van der Waals surface area contributed by atoms with Crippen LogP contribution in [0.25, 0.3) is 33.4 Å². The molecule has 0 aliphatic carbocycles. The van der Waals surface area contributed by atoms with Gasteiger partial charge in [0.05, 0.1) is 16.8 Å². The first-order valence-electron chi connectivity index (χ1n) is 9.09. The van der Waals surface area contributed by atoms with Gasteiger partial charge in [0.2, 0.25) is 0 Å². The van der Waals surface area contributed by atoms with E-state index in [-0.39, 0.29) is 5.91 Å². The molecule has 4 heterocycles. The number of aryl methyl sites for hydroxylation is 1. The summed E-state index contributed by atoms with van der Waals surface area (Å²) in [7, 11) is 0. The molecule has 0 radical (unpaired) electrons. The van der Waals surface area contributed by atoms with E-state index >= 15 is 0 Å². The van der Waals surface area contributed by atoms with E-state index in [1.165, 1.54) is 0 Å². The van der Waals surface area contributed by atoms with Gasteiger partial charge in [-0.15, -0.1) is 0 Å². The Balaban J connectivity index is 1.55. The van der Waals surface area contributed by atoms with Crippen LogP contribution in [0, 0.1) is 0 Å². The lowest BCUT2D eigenvalue weighted by molar-refractivity contribution is 0.0956. The van der Waals surface area contributed by atoms with Crippen molar-refractivity contribution >= 4 is 16.8 Å². The zero-order chi connectivity index (χ0) is 18.2. The van der Waals surface area contributed by atoms with Crippen molar-refractivity contribution in [1.82, 2.24) is 20.3 Å². The fraction of sp³-hybridized carbons (Fsp3) is 0.136. The number of amides is 1. The van der Waals surface area contributed by atoms with E-state index in [1.807, 2.05) is 42.6 Å². The topological polar surface area (TPSA) is 70.7 Å². The summed E-state index contributed by atoms with van der Waals surface area (Å²) in [5, 5.41) is 4.03. The van der Waals surface area contributed by atoms with E-state index in [1.54, 1.807) is 6.20 Å². The molecule has 0 saturated carbocycles. The molecule has 0 bridgehead atoms. The summed E-state index contributed by atoms with van der Waals surface area (Å²) in [5.41, 5.74) is 6.50. The number of nitrogens with zero attached hydrogens (tertiary/aromatic N) is 2. The predicted octanol–water partition coefficient (Wildman–Crippen LogP) is 3.97. The maximum atomic E-state index is 12.2. The summed E-state index contributed by atoms with van der Waals surface area (Å²) >= 11 is 0. The molecule has 132 valence electrons. The quantitative estimate of drug-likeness (QED) is 0.572. The third kappa shape index (κ3) is 2.87. The first-order chi connectivity index (χ1) is 13.3. The standard InChI is InChI=1S/C22H18N4O/c27-22-17-12-21(26-19(17)6-3-8-24-22)15-7-9-23-20(11-15)16-10-14-4-1-2-5-18(14)25-13-16/h1-2,4-5,7,9-13,26H,3,6,8H2,(H,24,27). The number of fused-ring (bicyclic) bond motifs is 2. The Morgan fingerprint density at radius 1 is 0.963 bits per heavy atom. The summed E-state index contributed by atoms with van der Waals surface area (Å²) in [6, 6.07) is 16.1. The highest BCUT2D eigenvalue weighted by atomic mass is 16.1. The molecule has 5 nitrogen and oxygen atoms in total. The molecule has 0 saturated heterocycles. The number of carbonyl (C=O) groups is 1. The second kappa shape index (κ2) is 6.36. The van der Waals surface area contributed by atoms with Gasteiger partial charge in [0.1, 0.15) is 0 Å². The van der Waals surface area contributed by atoms with Crippen LogP contribution >= 0.6 is 0 Å². The number of aromatic nitrogens is 3. The second-order valence-electron chi connectivity index (χ2n) is 6.78. The number of benzene rings is 1. The molecule has 27 heavy (non-hydrogen) atoms. The minimum Gasteiger partial charge on any atom is -0.358 e. The molecule has 2 N–H and O–H groups in total. The van der Waals surface area contributed by atoms with Gasteiger partial charge in [0.15, 0.2) is 0 Å². The van der Waals surface area contributed by atoms with Crippen LogP contribution < -0.4 is 5.32 Å². The molecule has 1 aromatic carbocycles. The Hall–Kier alpha value is -3.47. The van der Waals surface area contributed by atoms with Crippen molar-refractivity contribution in [1.29, 1.82) is 0 Å². The first-order valence-corrected chi connectivity index (χ1v) is 9.09. The van der Waals surface area contributed by atoms with Gasteiger partial charge in [-0.1, -0.05) is 18.2 Å². The lowest BCUT2D eigenvalue weighted by Gasteiger charge is -2.05. The number of rotatable bonds is 2. The average Bonchev–Trinajstić information content (AvgIpc) is 3.07. The SMILES string of the molecule is O=C1NCCCc2[nH]c(-c3ccnc(-c4cnc5ccccc5c4)c3)cc21. The van der Waals surface area contributed by atoms with E-state index in [0.717, 1.165) is 64.1 Å². The fourth-order valence-corrected chi connectivity index (χ4v) is 3.58. The Morgan fingerprint density at radius 3 is 2.85 bits per heavy atom. The largest absolute Gasteiger partial charge is 0.358 e. The van der Waals surface area contributed by atoms with E-state index in [9.17, 15) is 4.79 Å². The van der Waals surface area contributed by atoms with Crippen molar-refractivity contribution in [3.63, 3.8) is 0 Å². The number of pyridine rings is 2. The third-order valence-corrected chi connectivity index (χ3v) is 4.99. The van der Waals surface area contributed by atoms with Gasteiger partial charge in [-0.3, -0.25) is 14.8 Å². The van der Waals surface area contributed by atoms with E-state index < -0.39 is 0 Å². The summed E-state index contributed by atoms with van der Waals surface area (Å²) in [6.45, 7) is 0.727. The van der Waals surface area contributed by atoms with Crippen LogP contribution in [0.5, 0.6) is 0 Å². The van der Waals surface area contributed by atoms with Crippen LogP contribution in [0.3, 0.4) is 0 Å². The van der Waals surface area contributed by atoms with Crippen molar-refractivity contribution in [2.75, 3.05) is 6.54 Å². The molecule has 0 fully saturated rings. The maximum absolute atomic E-state index is 12.2. The summed E-state index contributed by atoms with van der Waals surface area (Å²) in [4.78, 5) is 24.7. The van der Waals surface area contributed by atoms with Gasteiger partial charge in [0, 0.05) is 46.8 Å². The van der Waals surface area contributed by atoms with Crippen molar-refractivity contribution in [2.24, 2.45) is 0 Å². The van der Waals surface area contributed by atoms with E-state index in [4.69, 9.17) is 0 Å². The molecular formula is C22H18N4O. The van der Waals surface area contributed by atoms with Gasteiger partial charge in [-0.25, -0.2) is 0 Å². The molecule has 0 atom stereocenters. The normalized spacial score (nSPS) is 13.9. The van der Waals surface area contributed by atoms with Crippen molar-refractivity contribution in [3.8, 4) is 22.5 Å². The van der Waals surface area contributed by atoms with Crippen molar-refractivity contribution < 1.29 is 4.79 Å². The highest BCUT2D eigenvalue weighted by Crippen LogP contribution is 2.28. The average molecular weight is 354 g/mol. The number of nitrogens with one attached hydrogen (secondary N) is 2. The highest BCUT2D eigenvalue weighted by Gasteiger charge is 2.18. The Kier molecular flexibility index (Phi) is 3.71. The van der Waals surface area contributed by atoms with Crippen LogP contribution in [0.1, 0.15) is 22.5 Å². The highest BCUT2D eigenvalue weighted by molar-refractivity contribution is 5.97. The molecule has 3 aromatic heterocycles. The predicted molar refractivity (Wildman–Crippen MR) is 105 cm³/mol. The van der Waals surface area contributed by atoms with Crippen molar-refractivity contribution in [2.45, 2.75) is 12.8 Å². The minimum absolute atomic E-state index is 0.00184. The lowest BCUT2D eigenvalue weighted by Crippen LogP contribution is -2.22. The minimum atomic E-state index is -0.00184. The number of hydrogen-bond acceptors (Lipinski definition) is 3. The Bertz CT molecular complexity index is 1160. The molecular weight excluding hydrogens is 336 g/mol. The van der Waals surface area contributed by atoms with Gasteiger partial charge in [0.25, 0.3) is 5.91 Å². The number of carbonyl (C=O) groups excluding carboxylic acids is 1. The molecule has 1 aliphatic heterocycles. The smallest absolute Gasteiger partial charge is 0.253 e. The van der Waals surface area contributed by atoms with Crippen LogP contribution in [0.4, 0.5) is 0 Å². The number of para-hydroxylation sites is 1. The van der Waals surface area contributed by atoms with Gasteiger partial charge >= 0.3 is 0 Å². The summed E-state index contributed by atoms with van der Waals surface area (Å²) in [5.74, 6) is -0.00184. The lowest BCUT2D eigenvalue weighted by atomic mass is 10.1. The number of H-pyrrole nitrogens is 1. The van der Waals surface area contributed by atoms with Gasteiger partial charge in [-0.05, 0) is 43.2 Å². The molecule has 1 amide bonds. The molecule has 1 aliphatic rings.